The Kier molecular flexibility index (Phi) is 13.3. The zero-order valence-electron chi connectivity index (χ0n) is 57.2. The molecule has 4 atom stereocenters. The van der Waals surface area contributed by atoms with Crippen molar-refractivity contribution in [2.75, 3.05) is 14.7 Å². The Hall–Kier alpha value is -12.6. The van der Waals surface area contributed by atoms with E-state index in [1.54, 1.807) is 0 Å². The first-order valence-corrected chi connectivity index (χ1v) is 36.9. The van der Waals surface area contributed by atoms with Crippen molar-refractivity contribution < 1.29 is 8.83 Å². The Morgan fingerprint density at radius 2 is 0.635 bits per heavy atom. The summed E-state index contributed by atoms with van der Waals surface area (Å²) in [6.07, 6.45) is 4.97. The lowest BCUT2D eigenvalue weighted by Gasteiger charge is -2.47. The minimum absolute atomic E-state index is 0.232. The topological polar surface area (TPSA) is 36.0 Å². The summed E-state index contributed by atoms with van der Waals surface area (Å²) in [5.74, 6) is 1.42. The molecule has 0 amide bonds. The highest BCUT2D eigenvalue weighted by Crippen LogP contribution is 2.59. The predicted octanol–water partition coefficient (Wildman–Crippen LogP) is 24.3. The maximum Gasteiger partial charge on any atom is 0.252 e. The van der Waals surface area contributed by atoms with Crippen molar-refractivity contribution in [2.45, 2.75) is 37.8 Å². The van der Waals surface area contributed by atoms with Gasteiger partial charge in [-0.05, 0) is 206 Å². The standard InChI is InChI=1S/C98H68BN3O2/c1-7-23-62(24-8-1)72-51-81(64-27-11-3-12-28-64)97(82(52-72)65-29-13-4-14-30-65)101-88-55-68(70-39-43-79-77-35-19-21-37-92(77)103-94(79)57-70)41-45-85(88)99-86-46-42-69(71-40-44-80-78-36-20-22-38-93(78)104-95(80)58-71)56-89(86)102(91-60-76(59-90(101)96(91)99)100-75-48-61-47-74(50-75)87(100)49-61)98-83(66-31-15-5-16-32-66)53-73(63-25-9-2-10-26-63)54-84(98)67-33-17-6-18-34-67/h1-46,51-61,74-75,87H,47-50H2. The van der Waals surface area contributed by atoms with Gasteiger partial charge in [-0.2, -0.15) is 0 Å². The third-order valence-corrected chi connectivity index (χ3v) is 23.7. The van der Waals surface area contributed by atoms with Gasteiger partial charge in [0.2, 0.25) is 0 Å². The van der Waals surface area contributed by atoms with Gasteiger partial charge in [-0.3, -0.25) is 0 Å². The van der Waals surface area contributed by atoms with Crippen molar-refractivity contribution >= 4 is 107 Å². The molecule has 0 spiro atoms. The minimum atomic E-state index is -0.232. The van der Waals surface area contributed by atoms with Crippen LogP contribution in [0.1, 0.15) is 25.7 Å². The Morgan fingerprint density at radius 1 is 0.269 bits per heavy atom. The Balaban J connectivity index is 0.896. The van der Waals surface area contributed by atoms with Gasteiger partial charge >= 0.3 is 0 Å². The van der Waals surface area contributed by atoms with Crippen LogP contribution < -0.4 is 31.1 Å². The third kappa shape index (κ3) is 9.34. The lowest BCUT2D eigenvalue weighted by atomic mass is 9.33. The molecule has 6 aliphatic rings. The second kappa shape index (κ2) is 23.5. The zero-order valence-corrected chi connectivity index (χ0v) is 57.2. The van der Waals surface area contributed by atoms with E-state index in [0.717, 1.165) is 150 Å². The van der Waals surface area contributed by atoms with Gasteiger partial charge in [0.1, 0.15) is 22.3 Å². The van der Waals surface area contributed by atoms with Crippen LogP contribution in [0.2, 0.25) is 0 Å². The Morgan fingerprint density at radius 3 is 1.05 bits per heavy atom. The number of fused-ring (bicyclic) bond motifs is 10. The minimum Gasteiger partial charge on any atom is -0.456 e. The maximum absolute atomic E-state index is 6.74. The molecule has 4 unspecified atom stereocenters. The molecule has 4 aliphatic heterocycles. The number of piperidine rings is 1. The molecule has 4 fully saturated rings. The molecule has 2 saturated heterocycles. The molecule has 6 heterocycles. The molecule has 15 aromatic carbocycles. The average Bonchev–Trinajstić information content (AvgIpc) is 1.04. The fourth-order valence-corrected chi connectivity index (χ4v) is 19.2. The van der Waals surface area contributed by atoms with E-state index in [1.807, 2.05) is 0 Å². The van der Waals surface area contributed by atoms with Crippen LogP contribution in [0.3, 0.4) is 0 Å². The van der Waals surface area contributed by atoms with Crippen LogP contribution in [0.4, 0.5) is 39.8 Å². The van der Waals surface area contributed by atoms with E-state index in [0.29, 0.717) is 18.0 Å². The molecular weight excluding hydrogens is 1260 g/mol. The largest absolute Gasteiger partial charge is 0.456 e. The van der Waals surface area contributed by atoms with Crippen LogP contribution in [-0.4, -0.2) is 18.8 Å². The number of anilines is 7. The first-order valence-electron chi connectivity index (χ1n) is 36.9. The highest BCUT2D eigenvalue weighted by atomic mass is 16.3. The van der Waals surface area contributed by atoms with E-state index in [1.165, 1.54) is 70.3 Å². The van der Waals surface area contributed by atoms with Gasteiger partial charge in [-0.25, -0.2) is 0 Å². The monoisotopic (exact) mass is 1330 g/mol. The summed E-state index contributed by atoms with van der Waals surface area (Å²) >= 11 is 0. The van der Waals surface area contributed by atoms with Crippen LogP contribution in [0.5, 0.6) is 0 Å². The Bertz CT molecular complexity index is 5800. The summed E-state index contributed by atoms with van der Waals surface area (Å²) in [6.45, 7) is -0.232. The molecule has 104 heavy (non-hydrogen) atoms. The highest BCUT2D eigenvalue weighted by molar-refractivity contribution is 7.00. The van der Waals surface area contributed by atoms with Gasteiger partial charge in [-0.1, -0.05) is 255 Å². The van der Waals surface area contributed by atoms with Crippen molar-refractivity contribution in [3.8, 4) is 89.0 Å². The lowest BCUT2D eigenvalue weighted by molar-refractivity contribution is 0.340. The summed E-state index contributed by atoms with van der Waals surface area (Å²) in [6, 6.07) is 128. The van der Waals surface area contributed by atoms with E-state index in [2.05, 4.69) is 354 Å². The van der Waals surface area contributed by atoms with E-state index < -0.39 is 0 Å². The van der Waals surface area contributed by atoms with E-state index in [4.69, 9.17) is 8.83 Å². The van der Waals surface area contributed by atoms with Crippen LogP contribution >= 0.6 is 0 Å². The fourth-order valence-electron chi connectivity index (χ4n) is 19.2. The molecule has 17 aromatic rings. The van der Waals surface area contributed by atoms with Gasteiger partial charge in [0.15, 0.2) is 0 Å². The zero-order chi connectivity index (χ0) is 68.1. The van der Waals surface area contributed by atoms with Gasteiger partial charge in [-0.15, -0.1) is 0 Å². The molecule has 490 valence electrons. The maximum atomic E-state index is 6.74. The number of benzene rings is 15. The van der Waals surface area contributed by atoms with E-state index >= 15 is 0 Å². The predicted molar refractivity (Wildman–Crippen MR) is 434 cm³/mol. The molecule has 23 rings (SSSR count). The molecule has 4 bridgehead atoms. The number of hydrogen-bond donors (Lipinski definition) is 0. The van der Waals surface area contributed by atoms with E-state index in [-0.39, 0.29) is 6.71 Å². The first kappa shape index (κ1) is 59.1. The quantitative estimate of drug-likeness (QED) is 0.121. The smallest absolute Gasteiger partial charge is 0.252 e. The average molecular weight is 1330 g/mol. The number of rotatable bonds is 11. The SMILES string of the molecule is c1ccc(-c2cc(-c3ccccc3)c(N3c4cc(-c5ccc6c(c5)oc5ccccc56)ccc4B4c5ccc(-c6ccc7c(c6)oc6ccccc67)cc5N(c5c(-c6ccccc6)cc(-c6ccccc6)cc5-c5ccccc5)c5cc(N6C7CC8CC(C7)C6C8)cc3c54)c(-c3ccccc3)c2)cc1. The molecule has 2 saturated carbocycles. The molecule has 2 aromatic heterocycles. The molecule has 5 nitrogen and oxygen atoms in total. The van der Waals surface area contributed by atoms with Crippen molar-refractivity contribution in [1.82, 2.24) is 0 Å². The number of nitrogens with zero attached hydrogens (tertiary/aromatic N) is 3. The normalized spacial score (nSPS) is 16.8. The van der Waals surface area contributed by atoms with Gasteiger partial charge in [0, 0.05) is 84.3 Å². The highest BCUT2D eigenvalue weighted by Gasteiger charge is 2.54. The molecular formula is C98H68BN3O2. The summed E-state index contributed by atoms with van der Waals surface area (Å²) < 4.78 is 13.5. The summed E-state index contributed by atoms with van der Waals surface area (Å²) in [5, 5.41) is 4.47. The molecule has 6 heteroatoms. The van der Waals surface area contributed by atoms with Gasteiger partial charge < -0.3 is 23.5 Å². The Labute approximate surface area is 604 Å². The second-order valence-electron chi connectivity index (χ2n) is 29.4. The van der Waals surface area contributed by atoms with Crippen molar-refractivity contribution in [3.05, 3.63) is 340 Å². The van der Waals surface area contributed by atoms with Gasteiger partial charge in [0.05, 0.1) is 11.4 Å². The fraction of sp³-hybridized carbons (Fsp3) is 0.0816. The number of para-hydroxylation sites is 2. The van der Waals surface area contributed by atoms with E-state index in [9.17, 15) is 0 Å². The summed E-state index contributed by atoms with van der Waals surface area (Å²) in [4.78, 5) is 8.43. The van der Waals surface area contributed by atoms with Gasteiger partial charge in [0.25, 0.3) is 6.71 Å². The molecule has 2 aliphatic carbocycles. The van der Waals surface area contributed by atoms with Crippen molar-refractivity contribution in [2.24, 2.45) is 11.8 Å². The van der Waals surface area contributed by atoms with Crippen LogP contribution in [-0.2, 0) is 0 Å². The second-order valence-corrected chi connectivity index (χ2v) is 29.4. The summed E-state index contributed by atoms with van der Waals surface area (Å²) in [5.41, 5.74) is 33.7. The lowest BCUT2D eigenvalue weighted by Crippen LogP contribution is -2.61. The summed E-state index contributed by atoms with van der Waals surface area (Å²) in [7, 11) is 0. The van der Waals surface area contributed by atoms with Crippen molar-refractivity contribution in [1.29, 1.82) is 0 Å². The molecule has 0 radical (unpaired) electrons. The van der Waals surface area contributed by atoms with Crippen LogP contribution in [0.25, 0.3) is 133 Å². The molecule has 0 N–H and O–H groups in total. The number of furan rings is 2. The third-order valence-electron chi connectivity index (χ3n) is 23.7. The first-order chi connectivity index (χ1) is 51.5. The van der Waals surface area contributed by atoms with Crippen LogP contribution in [0, 0.1) is 11.8 Å². The number of hydrogen-bond acceptors (Lipinski definition) is 5. The van der Waals surface area contributed by atoms with Crippen LogP contribution in [0.15, 0.2) is 349 Å². The van der Waals surface area contributed by atoms with Crippen molar-refractivity contribution in [3.63, 3.8) is 0 Å².